The Balaban J connectivity index is 3.23. The molecule has 114 valence electrons. The summed E-state index contributed by atoms with van der Waals surface area (Å²) in [6, 6.07) is 1.18. The molecule has 20 heavy (non-hydrogen) atoms. The van der Waals surface area contributed by atoms with Gasteiger partial charge < -0.3 is 0 Å². The summed E-state index contributed by atoms with van der Waals surface area (Å²) in [6.07, 6.45) is -3.85. The molecule has 3 N–H and O–H groups in total. The summed E-state index contributed by atoms with van der Waals surface area (Å²) in [5, 5.41) is -1.02. The number of rotatable bonds is 4. The topological polar surface area (TPSA) is 72.2 Å². The number of nitrogens with two attached hydrogens (primary N) is 1. The fourth-order valence-electron chi connectivity index (χ4n) is 1.70. The molecule has 0 aromatic heterocycles. The van der Waals surface area contributed by atoms with Crippen LogP contribution < -0.4 is 11.3 Å². The minimum absolute atomic E-state index is 0.0240. The van der Waals surface area contributed by atoms with Crippen molar-refractivity contribution >= 4 is 9.84 Å². The third-order valence-corrected chi connectivity index (χ3v) is 4.60. The Hall–Kier alpha value is -1.19. The van der Waals surface area contributed by atoms with Gasteiger partial charge in [0.2, 0.25) is 0 Å². The molecule has 0 aliphatic rings. The summed E-state index contributed by atoms with van der Waals surface area (Å²) >= 11 is 0. The van der Waals surface area contributed by atoms with E-state index in [0.29, 0.717) is 12.1 Å². The van der Waals surface area contributed by atoms with Gasteiger partial charge in [-0.1, -0.05) is 6.07 Å². The molecular weight excluding hydrogens is 300 g/mol. The summed E-state index contributed by atoms with van der Waals surface area (Å²) in [7, 11) is -3.50. The van der Waals surface area contributed by atoms with Crippen molar-refractivity contribution < 1.29 is 26.0 Å². The summed E-state index contributed by atoms with van der Waals surface area (Å²) in [6.45, 7) is 1.33. The van der Waals surface area contributed by atoms with Crippen molar-refractivity contribution in [1.29, 1.82) is 0 Å². The van der Waals surface area contributed by atoms with E-state index in [9.17, 15) is 26.0 Å². The van der Waals surface area contributed by atoms with Crippen molar-refractivity contribution in [2.24, 2.45) is 5.84 Å². The number of hydrogen-bond donors (Lipinski definition) is 2. The molecule has 0 bridgehead atoms. The highest BCUT2D eigenvalue weighted by molar-refractivity contribution is 7.91. The van der Waals surface area contributed by atoms with E-state index < -0.39 is 38.7 Å². The Morgan fingerprint density at radius 1 is 1.30 bits per heavy atom. The number of sulfone groups is 1. The zero-order valence-corrected chi connectivity index (χ0v) is 11.5. The maximum absolute atomic E-state index is 13.5. The second-order valence-electron chi connectivity index (χ2n) is 4.42. The second-order valence-corrected chi connectivity index (χ2v) is 6.82. The van der Waals surface area contributed by atoms with Gasteiger partial charge in [-0.3, -0.25) is 11.3 Å². The van der Waals surface area contributed by atoms with Crippen molar-refractivity contribution in [3.05, 3.63) is 35.1 Å². The van der Waals surface area contributed by atoms with Crippen LogP contribution in [0.3, 0.4) is 0 Å². The zero-order chi connectivity index (χ0) is 15.7. The average molecular weight is 314 g/mol. The second kappa shape index (κ2) is 5.66. The van der Waals surface area contributed by atoms with Crippen molar-refractivity contribution in [3.8, 4) is 0 Å². The van der Waals surface area contributed by atoms with Gasteiger partial charge in [0.25, 0.3) is 0 Å². The Bertz CT molecular complexity index is 587. The van der Waals surface area contributed by atoms with Crippen LogP contribution in [-0.2, 0) is 16.0 Å². The Labute approximate surface area is 113 Å². The van der Waals surface area contributed by atoms with Gasteiger partial charge in [-0.25, -0.2) is 12.8 Å². The summed E-state index contributed by atoms with van der Waals surface area (Å²) in [5.41, 5.74) is 0.794. The molecule has 0 aliphatic carbocycles. The van der Waals surface area contributed by atoms with Crippen molar-refractivity contribution in [3.63, 3.8) is 0 Å². The van der Waals surface area contributed by atoms with E-state index in [1.165, 1.54) is 6.92 Å². The van der Waals surface area contributed by atoms with Gasteiger partial charge in [-0.2, -0.15) is 13.2 Å². The van der Waals surface area contributed by atoms with Crippen LogP contribution in [0, 0.1) is 5.82 Å². The van der Waals surface area contributed by atoms with Gasteiger partial charge in [0, 0.05) is 6.26 Å². The van der Waals surface area contributed by atoms with E-state index >= 15 is 0 Å². The van der Waals surface area contributed by atoms with Crippen molar-refractivity contribution in [1.82, 2.24) is 5.43 Å². The van der Waals surface area contributed by atoms with Crippen LogP contribution in [0.5, 0.6) is 0 Å². The van der Waals surface area contributed by atoms with Crippen molar-refractivity contribution in [2.75, 3.05) is 6.26 Å². The summed E-state index contributed by atoms with van der Waals surface area (Å²) < 4.78 is 73.7. The molecule has 0 fully saturated rings. The first-order chi connectivity index (χ1) is 8.98. The third kappa shape index (κ3) is 3.68. The number of alkyl halides is 3. The smallest absolute Gasteiger partial charge is 0.271 e. The Kier molecular flexibility index (Phi) is 4.78. The largest absolute Gasteiger partial charge is 0.419 e. The first kappa shape index (κ1) is 16.9. The van der Waals surface area contributed by atoms with Crippen LogP contribution in [0.15, 0.2) is 18.2 Å². The minimum Gasteiger partial charge on any atom is -0.271 e. The fourth-order valence-corrected chi connectivity index (χ4v) is 2.43. The predicted molar refractivity (Wildman–Crippen MR) is 65.8 cm³/mol. The van der Waals surface area contributed by atoms with Gasteiger partial charge in [0.15, 0.2) is 9.84 Å². The number of nitrogens with one attached hydrogen (secondary N) is 1. The van der Waals surface area contributed by atoms with E-state index in [1.54, 1.807) is 0 Å². The molecule has 2 atom stereocenters. The van der Waals surface area contributed by atoms with E-state index in [-0.39, 0.29) is 5.56 Å². The van der Waals surface area contributed by atoms with Crippen LogP contribution in [0.4, 0.5) is 17.6 Å². The molecule has 1 aromatic rings. The molecule has 9 heteroatoms. The first-order valence-corrected chi connectivity index (χ1v) is 7.45. The number of hydrogen-bond acceptors (Lipinski definition) is 4. The fraction of sp³-hybridized carbons (Fsp3) is 0.455. The van der Waals surface area contributed by atoms with Gasteiger partial charge in [-0.05, 0) is 24.6 Å². The lowest BCUT2D eigenvalue weighted by Gasteiger charge is -2.22. The van der Waals surface area contributed by atoms with E-state index in [1.807, 2.05) is 0 Å². The summed E-state index contributed by atoms with van der Waals surface area (Å²) in [5.74, 6) is 3.74. The monoisotopic (exact) mass is 314 g/mol. The SMILES string of the molecule is CC(C(NN)c1ccc(C(F)(F)F)c(F)c1)S(C)(=O)=O. The maximum atomic E-state index is 13.5. The lowest BCUT2D eigenvalue weighted by Crippen LogP contribution is -2.39. The molecule has 1 aromatic carbocycles. The molecule has 4 nitrogen and oxygen atoms in total. The van der Waals surface area contributed by atoms with E-state index in [2.05, 4.69) is 5.43 Å². The van der Waals surface area contributed by atoms with Crippen LogP contribution in [-0.4, -0.2) is 19.9 Å². The van der Waals surface area contributed by atoms with Crippen molar-refractivity contribution in [2.45, 2.75) is 24.4 Å². The van der Waals surface area contributed by atoms with Gasteiger partial charge in [0.05, 0.1) is 16.9 Å². The van der Waals surface area contributed by atoms with Crippen LogP contribution in [0.1, 0.15) is 24.1 Å². The standard InChI is InChI=1S/C11H14F4N2O2S/c1-6(20(2,18)19)10(17-16)7-3-4-8(9(12)5-7)11(13,14)15/h3-6,10,17H,16H2,1-2H3. The molecule has 2 unspecified atom stereocenters. The number of hydrazine groups is 1. The highest BCUT2D eigenvalue weighted by Gasteiger charge is 2.35. The Morgan fingerprint density at radius 2 is 1.85 bits per heavy atom. The molecule has 1 rings (SSSR count). The highest BCUT2D eigenvalue weighted by atomic mass is 32.2. The molecule has 0 saturated heterocycles. The molecule has 0 radical (unpaired) electrons. The predicted octanol–water partition coefficient (Wildman–Crippen LogP) is 1.78. The van der Waals surface area contributed by atoms with Gasteiger partial charge in [-0.15, -0.1) is 0 Å². The quantitative estimate of drug-likeness (QED) is 0.505. The number of halogens is 4. The van der Waals surface area contributed by atoms with Crippen LogP contribution in [0.2, 0.25) is 0 Å². The Morgan fingerprint density at radius 3 is 2.20 bits per heavy atom. The summed E-state index contributed by atoms with van der Waals surface area (Å²) in [4.78, 5) is 0. The lowest BCUT2D eigenvalue weighted by atomic mass is 10.0. The van der Waals surface area contributed by atoms with Gasteiger partial charge in [0.1, 0.15) is 5.82 Å². The average Bonchev–Trinajstić information content (AvgIpc) is 2.26. The minimum atomic E-state index is -4.81. The van der Waals surface area contributed by atoms with E-state index in [4.69, 9.17) is 5.84 Å². The zero-order valence-electron chi connectivity index (χ0n) is 10.7. The highest BCUT2D eigenvalue weighted by Crippen LogP contribution is 2.33. The normalized spacial score (nSPS) is 15.9. The van der Waals surface area contributed by atoms with Crippen LogP contribution in [0.25, 0.3) is 0 Å². The molecule has 0 spiro atoms. The van der Waals surface area contributed by atoms with Gasteiger partial charge >= 0.3 is 6.18 Å². The lowest BCUT2D eigenvalue weighted by molar-refractivity contribution is -0.140. The molecule has 0 aliphatic heterocycles. The molecule has 0 saturated carbocycles. The third-order valence-electron chi connectivity index (χ3n) is 2.98. The molecule has 0 amide bonds. The first-order valence-electron chi connectivity index (χ1n) is 5.50. The maximum Gasteiger partial charge on any atom is 0.419 e. The molecular formula is C11H14F4N2O2S. The van der Waals surface area contributed by atoms with Crippen LogP contribution >= 0.6 is 0 Å². The van der Waals surface area contributed by atoms with E-state index in [0.717, 1.165) is 12.3 Å². The number of benzene rings is 1. The molecule has 0 heterocycles.